The average Bonchev–Trinajstić information content (AvgIpc) is 3.05. The van der Waals surface area contributed by atoms with Crippen LogP contribution in [0.25, 0.3) is 0 Å². The third-order valence-corrected chi connectivity index (χ3v) is 3.12. The van der Waals surface area contributed by atoms with E-state index in [4.69, 9.17) is 10.5 Å². The molecule has 17 heavy (non-hydrogen) atoms. The Morgan fingerprint density at radius 2 is 2.29 bits per heavy atom. The number of hydrogen-bond acceptors (Lipinski definition) is 4. The van der Waals surface area contributed by atoms with Gasteiger partial charge in [0.2, 0.25) is 0 Å². The monoisotopic (exact) mass is 237 g/mol. The Labute approximate surface area is 101 Å². The van der Waals surface area contributed by atoms with E-state index in [1.807, 2.05) is 11.5 Å². The van der Waals surface area contributed by atoms with E-state index in [0.717, 1.165) is 24.7 Å². The molecule has 0 amide bonds. The summed E-state index contributed by atoms with van der Waals surface area (Å²) < 4.78 is 6.83. The standard InChI is InChI=1S/C12H19N3O2/c1-3-17-12(16)10-11(13)15(8(2)14-10)7-6-9-4-5-9/h9H,3-7,13H2,1-2H3. The van der Waals surface area contributed by atoms with E-state index in [2.05, 4.69) is 4.98 Å². The Hall–Kier alpha value is -1.52. The maximum Gasteiger partial charge on any atom is 0.360 e. The van der Waals surface area contributed by atoms with Crippen molar-refractivity contribution >= 4 is 11.8 Å². The molecule has 2 rings (SSSR count). The summed E-state index contributed by atoms with van der Waals surface area (Å²) in [6, 6.07) is 0. The molecule has 5 nitrogen and oxygen atoms in total. The van der Waals surface area contributed by atoms with Crippen molar-refractivity contribution in [2.45, 2.75) is 39.7 Å². The molecule has 94 valence electrons. The van der Waals surface area contributed by atoms with E-state index < -0.39 is 5.97 Å². The normalized spacial score (nSPS) is 14.9. The molecule has 1 aromatic rings. The van der Waals surface area contributed by atoms with Crippen LogP contribution in [0, 0.1) is 12.8 Å². The number of ether oxygens (including phenoxy) is 1. The van der Waals surface area contributed by atoms with Crippen molar-refractivity contribution in [3.8, 4) is 0 Å². The predicted octanol–water partition coefficient (Wildman–Crippen LogP) is 1.75. The summed E-state index contributed by atoms with van der Waals surface area (Å²) in [6.07, 6.45) is 3.75. The van der Waals surface area contributed by atoms with Crippen LogP contribution in [0.15, 0.2) is 0 Å². The van der Waals surface area contributed by atoms with Crippen LogP contribution >= 0.6 is 0 Å². The van der Waals surface area contributed by atoms with Crippen molar-refractivity contribution in [1.82, 2.24) is 9.55 Å². The van der Waals surface area contributed by atoms with E-state index in [-0.39, 0.29) is 5.69 Å². The van der Waals surface area contributed by atoms with Gasteiger partial charge in [0, 0.05) is 6.54 Å². The van der Waals surface area contributed by atoms with Crippen LogP contribution in [0.2, 0.25) is 0 Å². The number of nitrogen functional groups attached to an aromatic ring is 1. The lowest BCUT2D eigenvalue weighted by atomic mass is 10.3. The van der Waals surface area contributed by atoms with Gasteiger partial charge in [0.1, 0.15) is 11.6 Å². The molecule has 0 radical (unpaired) electrons. The lowest BCUT2D eigenvalue weighted by Gasteiger charge is -2.06. The second kappa shape index (κ2) is 4.77. The molecule has 1 saturated carbocycles. The fraction of sp³-hybridized carbons (Fsp3) is 0.667. The highest BCUT2D eigenvalue weighted by Crippen LogP contribution is 2.33. The van der Waals surface area contributed by atoms with Gasteiger partial charge in [0.05, 0.1) is 6.61 Å². The Morgan fingerprint density at radius 1 is 1.59 bits per heavy atom. The first kappa shape index (κ1) is 12.0. The largest absolute Gasteiger partial charge is 0.461 e. The number of rotatable bonds is 5. The van der Waals surface area contributed by atoms with Crippen LogP contribution in [0.3, 0.4) is 0 Å². The van der Waals surface area contributed by atoms with Crippen molar-refractivity contribution in [3.05, 3.63) is 11.5 Å². The third-order valence-electron chi connectivity index (χ3n) is 3.12. The Balaban J connectivity index is 2.12. The van der Waals surface area contributed by atoms with Gasteiger partial charge in [-0.1, -0.05) is 12.8 Å². The molecule has 1 aliphatic rings. The minimum absolute atomic E-state index is 0.250. The van der Waals surface area contributed by atoms with E-state index in [0.29, 0.717) is 12.4 Å². The van der Waals surface area contributed by atoms with Crippen molar-refractivity contribution in [2.24, 2.45) is 5.92 Å². The number of anilines is 1. The van der Waals surface area contributed by atoms with Gasteiger partial charge < -0.3 is 15.0 Å². The SMILES string of the molecule is CCOC(=O)c1nc(C)n(CCC2CC2)c1N. The summed E-state index contributed by atoms with van der Waals surface area (Å²) in [5.74, 6) is 1.62. The van der Waals surface area contributed by atoms with E-state index in [1.54, 1.807) is 6.92 Å². The van der Waals surface area contributed by atoms with E-state index in [9.17, 15) is 4.79 Å². The molecule has 2 N–H and O–H groups in total. The van der Waals surface area contributed by atoms with Crippen molar-refractivity contribution < 1.29 is 9.53 Å². The van der Waals surface area contributed by atoms with Gasteiger partial charge in [-0.05, 0) is 26.2 Å². The lowest BCUT2D eigenvalue weighted by molar-refractivity contribution is 0.0521. The molecular formula is C12H19N3O2. The van der Waals surface area contributed by atoms with Gasteiger partial charge in [-0.25, -0.2) is 9.78 Å². The van der Waals surface area contributed by atoms with Crippen LogP contribution in [-0.2, 0) is 11.3 Å². The first-order valence-corrected chi connectivity index (χ1v) is 6.13. The summed E-state index contributed by atoms with van der Waals surface area (Å²) >= 11 is 0. The van der Waals surface area contributed by atoms with E-state index in [1.165, 1.54) is 12.8 Å². The first-order chi connectivity index (χ1) is 8.13. The number of carbonyl (C=O) groups excluding carboxylic acids is 1. The highest BCUT2D eigenvalue weighted by Gasteiger charge is 2.23. The summed E-state index contributed by atoms with van der Waals surface area (Å²) in [7, 11) is 0. The number of hydrogen-bond donors (Lipinski definition) is 1. The number of imidazole rings is 1. The fourth-order valence-corrected chi connectivity index (χ4v) is 1.93. The van der Waals surface area contributed by atoms with Gasteiger partial charge in [0.25, 0.3) is 0 Å². The molecule has 1 aliphatic carbocycles. The molecule has 0 bridgehead atoms. The molecule has 1 fully saturated rings. The Bertz CT molecular complexity index is 422. The summed E-state index contributed by atoms with van der Waals surface area (Å²) in [5, 5.41) is 0. The number of carbonyl (C=O) groups is 1. The average molecular weight is 237 g/mol. The number of aromatic nitrogens is 2. The molecule has 0 unspecified atom stereocenters. The molecular weight excluding hydrogens is 218 g/mol. The zero-order valence-corrected chi connectivity index (χ0v) is 10.4. The summed E-state index contributed by atoms with van der Waals surface area (Å²) in [4.78, 5) is 15.8. The smallest absolute Gasteiger partial charge is 0.360 e. The maximum absolute atomic E-state index is 11.6. The lowest BCUT2D eigenvalue weighted by Crippen LogP contribution is -2.10. The van der Waals surface area contributed by atoms with E-state index >= 15 is 0 Å². The minimum Gasteiger partial charge on any atom is -0.461 e. The van der Waals surface area contributed by atoms with Crippen molar-refractivity contribution in [3.63, 3.8) is 0 Å². The molecule has 5 heteroatoms. The Kier molecular flexibility index (Phi) is 3.36. The van der Waals surface area contributed by atoms with Gasteiger partial charge >= 0.3 is 5.97 Å². The quantitative estimate of drug-likeness (QED) is 0.792. The molecule has 0 saturated heterocycles. The van der Waals surface area contributed by atoms with Gasteiger partial charge in [-0.3, -0.25) is 0 Å². The zero-order chi connectivity index (χ0) is 12.4. The minimum atomic E-state index is -0.432. The Morgan fingerprint density at radius 3 is 2.88 bits per heavy atom. The van der Waals surface area contributed by atoms with Crippen LogP contribution in [0.5, 0.6) is 0 Å². The number of aryl methyl sites for hydroxylation is 1. The van der Waals surface area contributed by atoms with Gasteiger partial charge in [-0.2, -0.15) is 0 Å². The van der Waals surface area contributed by atoms with Crippen LogP contribution < -0.4 is 5.73 Å². The first-order valence-electron chi connectivity index (χ1n) is 6.13. The predicted molar refractivity (Wildman–Crippen MR) is 64.7 cm³/mol. The second-order valence-corrected chi connectivity index (χ2v) is 4.50. The summed E-state index contributed by atoms with van der Waals surface area (Å²) in [5.41, 5.74) is 6.19. The number of nitrogens with zero attached hydrogens (tertiary/aromatic N) is 2. The van der Waals surface area contributed by atoms with Crippen molar-refractivity contribution in [2.75, 3.05) is 12.3 Å². The zero-order valence-electron chi connectivity index (χ0n) is 10.4. The molecule has 0 aromatic carbocycles. The molecule has 1 aromatic heterocycles. The van der Waals surface area contributed by atoms with Crippen LogP contribution in [0.4, 0.5) is 5.82 Å². The van der Waals surface area contributed by atoms with Crippen molar-refractivity contribution in [1.29, 1.82) is 0 Å². The van der Waals surface area contributed by atoms with Crippen LogP contribution in [0.1, 0.15) is 42.5 Å². The maximum atomic E-state index is 11.6. The molecule has 0 aliphatic heterocycles. The fourth-order valence-electron chi connectivity index (χ4n) is 1.93. The number of nitrogens with two attached hydrogens (primary N) is 1. The van der Waals surface area contributed by atoms with Gasteiger partial charge in [-0.15, -0.1) is 0 Å². The molecule has 1 heterocycles. The topological polar surface area (TPSA) is 70.1 Å². The van der Waals surface area contributed by atoms with Gasteiger partial charge in [0.15, 0.2) is 5.69 Å². The highest BCUT2D eigenvalue weighted by molar-refractivity contribution is 5.92. The summed E-state index contributed by atoms with van der Waals surface area (Å²) in [6.45, 7) is 4.82. The molecule has 0 spiro atoms. The van der Waals surface area contributed by atoms with Crippen LogP contribution in [-0.4, -0.2) is 22.1 Å². The molecule has 0 atom stereocenters. The third kappa shape index (κ3) is 2.60. The number of esters is 1. The second-order valence-electron chi connectivity index (χ2n) is 4.50. The highest BCUT2D eigenvalue weighted by atomic mass is 16.5.